The Hall–Kier alpha value is -2.22. The molecule has 0 fully saturated rings. The fraction of sp³-hybridized carbons (Fsp3) is 0.182. The number of pyridine rings is 1. The van der Waals surface area contributed by atoms with Crippen LogP contribution in [0.25, 0.3) is 11.3 Å². The van der Waals surface area contributed by atoms with Gasteiger partial charge in [0.1, 0.15) is 0 Å². The zero-order valence-corrected chi connectivity index (χ0v) is 10.8. The third-order valence-electron chi connectivity index (χ3n) is 2.41. The van der Waals surface area contributed by atoms with Crippen LogP contribution < -0.4 is 4.72 Å². The van der Waals surface area contributed by atoms with Gasteiger partial charge in [-0.2, -0.15) is 0 Å². The summed E-state index contributed by atoms with van der Waals surface area (Å²) in [6.07, 6.45) is 2.94. The van der Waals surface area contributed by atoms with Crippen molar-refractivity contribution in [1.82, 2.24) is 4.98 Å². The molecule has 0 atom stereocenters. The van der Waals surface area contributed by atoms with E-state index in [-0.39, 0.29) is 11.5 Å². The monoisotopic (exact) mass is 284 g/mol. The number of nitrogens with one attached hydrogen (secondary N) is 1. The van der Waals surface area contributed by atoms with Crippen molar-refractivity contribution in [3.63, 3.8) is 0 Å². The number of aromatic nitrogens is 1. The van der Waals surface area contributed by atoms with E-state index in [4.69, 9.17) is 4.42 Å². The topological polar surface area (TPSA) is 113 Å². The van der Waals surface area contributed by atoms with Crippen molar-refractivity contribution in [1.29, 1.82) is 0 Å². The van der Waals surface area contributed by atoms with E-state index in [0.29, 0.717) is 5.56 Å². The summed E-state index contributed by atoms with van der Waals surface area (Å²) in [5, 5.41) is 19.4. The van der Waals surface area contributed by atoms with Crippen molar-refractivity contribution in [2.24, 2.45) is 0 Å². The Morgan fingerprint density at radius 1 is 1.37 bits per heavy atom. The normalized spacial score (nSPS) is 11.4. The minimum Gasteiger partial charge on any atom is -0.502 e. The Labute approximate surface area is 109 Å². The van der Waals surface area contributed by atoms with E-state index in [1.807, 2.05) is 4.72 Å². The highest BCUT2D eigenvalue weighted by Crippen LogP contribution is 2.45. The third-order valence-corrected chi connectivity index (χ3v) is 3.67. The van der Waals surface area contributed by atoms with Gasteiger partial charge in [-0.1, -0.05) is 0 Å². The van der Waals surface area contributed by atoms with E-state index in [1.165, 1.54) is 19.3 Å². The van der Waals surface area contributed by atoms with Gasteiger partial charge in [0.2, 0.25) is 21.5 Å². The molecule has 0 aliphatic rings. The van der Waals surface area contributed by atoms with Crippen LogP contribution >= 0.6 is 0 Å². The summed E-state index contributed by atoms with van der Waals surface area (Å²) in [5.41, 5.74) is 0.414. The average molecular weight is 284 g/mol. The van der Waals surface area contributed by atoms with Crippen molar-refractivity contribution < 1.29 is 23.0 Å². The SMILES string of the molecule is CCS(=O)(=O)Nc1oc(-c2cccnc2)c(O)c1O. The van der Waals surface area contributed by atoms with Gasteiger partial charge in [-0.3, -0.25) is 4.98 Å². The van der Waals surface area contributed by atoms with Gasteiger partial charge < -0.3 is 14.6 Å². The quantitative estimate of drug-likeness (QED) is 0.784. The molecule has 0 saturated heterocycles. The number of nitrogens with zero attached hydrogens (tertiary/aromatic N) is 1. The van der Waals surface area contributed by atoms with Crippen LogP contribution in [0.3, 0.4) is 0 Å². The number of rotatable bonds is 4. The lowest BCUT2D eigenvalue weighted by Gasteiger charge is -2.01. The van der Waals surface area contributed by atoms with Crippen LogP contribution in [0.5, 0.6) is 11.5 Å². The highest BCUT2D eigenvalue weighted by molar-refractivity contribution is 7.92. The van der Waals surface area contributed by atoms with Crippen LogP contribution in [0.2, 0.25) is 0 Å². The zero-order valence-electron chi connectivity index (χ0n) is 9.99. The third kappa shape index (κ3) is 2.63. The summed E-state index contributed by atoms with van der Waals surface area (Å²) in [6.45, 7) is 1.43. The van der Waals surface area contributed by atoms with E-state index in [1.54, 1.807) is 12.1 Å². The van der Waals surface area contributed by atoms with Crippen molar-refractivity contribution >= 4 is 15.9 Å². The van der Waals surface area contributed by atoms with Gasteiger partial charge >= 0.3 is 0 Å². The summed E-state index contributed by atoms with van der Waals surface area (Å²) in [6, 6.07) is 3.22. The van der Waals surface area contributed by atoms with Crippen LogP contribution in [0, 0.1) is 0 Å². The molecule has 0 bridgehead atoms. The number of aromatic hydroxyl groups is 2. The molecule has 0 amide bonds. The van der Waals surface area contributed by atoms with E-state index in [0.717, 1.165) is 0 Å². The van der Waals surface area contributed by atoms with Gasteiger partial charge in [0.15, 0.2) is 5.76 Å². The molecule has 102 valence electrons. The van der Waals surface area contributed by atoms with E-state index < -0.39 is 27.4 Å². The Morgan fingerprint density at radius 2 is 2.11 bits per heavy atom. The van der Waals surface area contributed by atoms with Crippen LogP contribution in [-0.4, -0.2) is 29.4 Å². The maximum atomic E-state index is 11.4. The van der Waals surface area contributed by atoms with Gasteiger partial charge in [-0.25, -0.2) is 13.1 Å². The van der Waals surface area contributed by atoms with Crippen LogP contribution in [0.4, 0.5) is 5.88 Å². The van der Waals surface area contributed by atoms with Crippen molar-refractivity contribution in [3.8, 4) is 22.8 Å². The van der Waals surface area contributed by atoms with E-state index in [2.05, 4.69) is 4.98 Å². The second kappa shape index (κ2) is 4.81. The van der Waals surface area contributed by atoms with Crippen molar-refractivity contribution in [2.45, 2.75) is 6.92 Å². The molecule has 7 nitrogen and oxygen atoms in total. The van der Waals surface area contributed by atoms with Gasteiger partial charge in [0.25, 0.3) is 5.88 Å². The average Bonchev–Trinajstić information content (AvgIpc) is 2.68. The number of hydrogen-bond acceptors (Lipinski definition) is 6. The molecule has 0 spiro atoms. The number of hydrogen-bond donors (Lipinski definition) is 3. The number of anilines is 1. The van der Waals surface area contributed by atoms with Gasteiger partial charge in [-0.15, -0.1) is 0 Å². The highest BCUT2D eigenvalue weighted by atomic mass is 32.2. The largest absolute Gasteiger partial charge is 0.502 e. The summed E-state index contributed by atoms with van der Waals surface area (Å²) >= 11 is 0. The van der Waals surface area contributed by atoms with E-state index in [9.17, 15) is 18.6 Å². The number of sulfonamides is 1. The lowest BCUT2D eigenvalue weighted by atomic mass is 10.2. The maximum Gasteiger partial charge on any atom is 0.253 e. The molecule has 0 saturated carbocycles. The van der Waals surface area contributed by atoms with Crippen LogP contribution in [0.1, 0.15) is 6.92 Å². The van der Waals surface area contributed by atoms with Gasteiger partial charge in [0, 0.05) is 18.0 Å². The fourth-order valence-corrected chi connectivity index (χ4v) is 1.95. The van der Waals surface area contributed by atoms with E-state index >= 15 is 0 Å². The predicted octanol–water partition coefficient (Wildman–Crippen LogP) is 1.51. The molecule has 2 rings (SSSR count). The van der Waals surface area contributed by atoms with Crippen molar-refractivity contribution in [2.75, 3.05) is 10.5 Å². The lowest BCUT2D eigenvalue weighted by Crippen LogP contribution is -2.14. The van der Waals surface area contributed by atoms with Crippen molar-refractivity contribution in [3.05, 3.63) is 24.5 Å². The molecule has 0 unspecified atom stereocenters. The molecule has 0 aliphatic carbocycles. The molecule has 2 heterocycles. The van der Waals surface area contributed by atoms with Gasteiger partial charge in [0.05, 0.1) is 5.75 Å². The van der Waals surface area contributed by atoms with Crippen LogP contribution in [-0.2, 0) is 10.0 Å². The Morgan fingerprint density at radius 3 is 2.68 bits per heavy atom. The first kappa shape index (κ1) is 13.2. The molecule has 8 heteroatoms. The summed E-state index contributed by atoms with van der Waals surface area (Å²) in [7, 11) is -3.61. The second-order valence-corrected chi connectivity index (χ2v) is 5.72. The Kier molecular flexibility index (Phi) is 3.34. The molecule has 0 aromatic carbocycles. The minimum atomic E-state index is -3.61. The summed E-state index contributed by atoms with van der Waals surface area (Å²) in [4.78, 5) is 3.84. The minimum absolute atomic E-state index is 0.0561. The summed E-state index contributed by atoms with van der Waals surface area (Å²) in [5.74, 6) is -1.86. The molecular formula is C11H12N2O5S. The fourth-order valence-electron chi connectivity index (χ4n) is 1.39. The van der Waals surface area contributed by atoms with Gasteiger partial charge in [-0.05, 0) is 19.1 Å². The number of furan rings is 1. The maximum absolute atomic E-state index is 11.4. The molecule has 0 aliphatic heterocycles. The first-order valence-electron chi connectivity index (χ1n) is 5.40. The molecule has 2 aromatic heterocycles. The predicted molar refractivity (Wildman–Crippen MR) is 68.4 cm³/mol. The zero-order chi connectivity index (χ0) is 14.0. The first-order chi connectivity index (χ1) is 8.94. The Balaban J connectivity index is 2.45. The second-order valence-electron chi connectivity index (χ2n) is 3.70. The molecular weight excluding hydrogens is 272 g/mol. The standard InChI is InChI=1S/C11H12N2O5S/c1-2-19(16,17)13-11-9(15)8(14)10(18-11)7-4-3-5-12-6-7/h3-6,13-15H,2H2,1H3. The highest BCUT2D eigenvalue weighted by Gasteiger charge is 2.23. The molecule has 2 aromatic rings. The Bertz CT molecular complexity index is 679. The molecule has 19 heavy (non-hydrogen) atoms. The molecule has 3 N–H and O–H groups in total. The first-order valence-corrected chi connectivity index (χ1v) is 7.05. The summed E-state index contributed by atoms with van der Waals surface area (Å²) < 4.78 is 30.0. The lowest BCUT2D eigenvalue weighted by molar-refractivity contribution is 0.410. The smallest absolute Gasteiger partial charge is 0.253 e. The van der Waals surface area contributed by atoms with Crippen LogP contribution in [0.15, 0.2) is 28.9 Å². The molecule has 0 radical (unpaired) electrons.